The van der Waals surface area contributed by atoms with E-state index in [1.165, 1.54) is 6.07 Å². The molecule has 2 heterocycles. The molecule has 0 amide bonds. The summed E-state index contributed by atoms with van der Waals surface area (Å²) in [5, 5.41) is 0.838. The topological polar surface area (TPSA) is 34.9 Å². The minimum atomic E-state index is -0.863. The molecule has 22 heavy (non-hydrogen) atoms. The number of carbonyl (C=O) groups is 1. The van der Waals surface area contributed by atoms with Crippen molar-refractivity contribution < 1.29 is 13.6 Å². The van der Waals surface area contributed by atoms with Crippen LogP contribution in [-0.4, -0.2) is 15.8 Å². The van der Waals surface area contributed by atoms with Crippen molar-refractivity contribution in [2.24, 2.45) is 0 Å². The number of pyridine rings is 1. The maximum Gasteiger partial charge on any atom is 0.163 e. The Morgan fingerprint density at radius 2 is 2.00 bits per heavy atom. The Balaban J connectivity index is 2.13. The fourth-order valence-corrected chi connectivity index (χ4v) is 2.67. The van der Waals surface area contributed by atoms with E-state index in [0.29, 0.717) is 16.9 Å². The van der Waals surface area contributed by atoms with Crippen LogP contribution in [0.15, 0.2) is 30.5 Å². The number of hydrogen-bond acceptors (Lipinski definition) is 2. The first-order valence-electron chi connectivity index (χ1n) is 6.87. The molecular formula is C17H14F2N2O. The van der Waals surface area contributed by atoms with Crippen LogP contribution in [-0.2, 0) is 6.54 Å². The van der Waals surface area contributed by atoms with Crippen molar-refractivity contribution in [2.45, 2.75) is 20.4 Å². The van der Waals surface area contributed by atoms with E-state index in [2.05, 4.69) is 4.98 Å². The molecule has 1 aromatic carbocycles. The Bertz CT molecular complexity index is 884. The highest BCUT2D eigenvalue weighted by Gasteiger charge is 2.14. The van der Waals surface area contributed by atoms with Gasteiger partial charge in [0.2, 0.25) is 0 Å². The number of rotatable bonds is 3. The van der Waals surface area contributed by atoms with Crippen LogP contribution in [0, 0.1) is 25.5 Å². The molecule has 0 saturated carbocycles. The highest BCUT2D eigenvalue weighted by Crippen LogP contribution is 2.24. The maximum atomic E-state index is 13.8. The molecule has 3 nitrogen and oxygen atoms in total. The quantitative estimate of drug-likeness (QED) is 0.690. The summed E-state index contributed by atoms with van der Waals surface area (Å²) >= 11 is 0. The molecule has 0 radical (unpaired) electrons. The summed E-state index contributed by atoms with van der Waals surface area (Å²) in [7, 11) is 0. The van der Waals surface area contributed by atoms with Crippen LogP contribution in [0.2, 0.25) is 0 Å². The van der Waals surface area contributed by atoms with Gasteiger partial charge in [-0.15, -0.1) is 0 Å². The fraction of sp³-hybridized carbons (Fsp3) is 0.176. The molecule has 0 aliphatic rings. The lowest BCUT2D eigenvalue weighted by Gasteiger charge is -2.09. The van der Waals surface area contributed by atoms with E-state index in [1.807, 2.05) is 13.0 Å². The van der Waals surface area contributed by atoms with Gasteiger partial charge in [0.15, 0.2) is 17.9 Å². The first-order valence-corrected chi connectivity index (χ1v) is 6.87. The second-order valence-electron chi connectivity index (χ2n) is 5.25. The van der Waals surface area contributed by atoms with Gasteiger partial charge in [0.25, 0.3) is 0 Å². The summed E-state index contributed by atoms with van der Waals surface area (Å²) in [4.78, 5) is 15.6. The predicted octanol–water partition coefficient (Wildman–Crippen LogP) is 3.79. The molecule has 3 rings (SSSR count). The lowest BCUT2D eigenvalue weighted by atomic mass is 10.1. The lowest BCUT2D eigenvalue weighted by Crippen LogP contribution is -2.05. The van der Waals surface area contributed by atoms with Crippen LogP contribution >= 0.6 is 0 Å². The second-order valence-corrected chi connectivity index (χ2v) is 5.25. The van der Waals surface area contributed by atoms with Gasteiger partial charge in [0, 0.05) is 22.7 Å². The molecular weight excluding hydrogens is 286 g/mol. The zero-order chi connectivity index (χ0) is 15.9. The molecule has 0 bridgehead atoms. The first kappa shape index (κ1) is 14.4. The number of aldehydes is 1. The minimum absolute atomic E-state index is 0.180. The number of hydrogen-bond donors (Lipinski definition) is 0. The summed E-state index contributed by atoms with van der Waals surface area (Å²) in [5.41, 5.74) is 2.95. The van der Waals surface area contributed by atoms with E-state index in [1.54, 1.807) is 23.8 Å². The van der Waals surface area contributed by atoms with Crippen LogP contribution in [0.5, 0.6) is 0 Å². The van der Waals surface area contributed by atoms with Gasteiger partial charge in [-0.25, -0.2) is 13.8 Å². The number of aromatic nitrogens is 2. The molecule has 0 saturated heterocycles. The zero-order valence-corrected chi connectivity index (χ0v) is 12.2. The standard InChI is InChI=1S/C17H14F2N2O/c1-10-13-6-7-21(17(13)20-11(2)14(10)9-22)8-12-4-3-5-15(18)16(12)19/h3-7,9H,8H2,1-2H3. The highest BCUT2D eigenvalue weighted by molar-refractivity contribution is 5.90. The molecule has 0 unspecified atom stereocenters. The van der Waals surface area contributed by atoms with Crippen LogP contribution in [0.25, 0.3) is 11.0 Å². The van der Waals surface area contributed by atoms with Crippen molar-refractivity contribution >= 4 is 17.3 Å². The molecule has 0 fully saturated rings. The van der Waals surface area contributed by atoms with Crippen molar-refractivity contribution in [3.8, 4) is 0 Å². The van der Waals surface area contributed by atoms with Crippen molar-refractivity contribution in [1.29, 1.82) is 0 Å². The summed E-state index contributed by atoms with van der Waals surface area (Å²) in [6.07, 6.45) is 2.56. The Morgan fingerprint density at radius 3 is 2.73 bits per heavy atom. The van der Waals surface area contributed by atoms with E-state index in [-0.39, 0.29) is 12.1 Å². The number of halogens is 2. The molecule has 0 aliphatic carbocycles. The maximum absolute atomic E-state index is 13.8. The van der Waals surface area contributed by atoms with Gasteiger partial charge in [-0.1, -0.05) is 12.1 Å². The van der Waals surface area contributed by atoms with E-state index >= 15 is 0 Å². The third kappa shape index (κ3) is 2.19. The predicted molar refractivity (Wildman–Crippen MR) is 80.1 cm³/mol. The number of aryl methyl sites for hydroxylation is 2. The Hall–Kier alpha value is -2.56. The largest absolute Gasteiger partial charge is 0.328 e. The van der Waals surface area contributed by atoms with E-state index in [9.17, 15) is 13.6 Å². The van der Waals surface area contributed by atoms with Crippen LogP contribution in [0.4, 0.5) is 8.78 Å². The summed E-state index contributed by atoms with van der Waals surface area (Å²) < 4.78 is 28.9. The minimum Gasteiger partial charge on any atom is -0.328 e. The second kappa shape index (κ2) is 5.33. The molecule has 0 N–H and O–H groups in total. The number of carbonyl (C=O) groups excluding carboxylic acids is 1. The normalized spacial score (nSPS) is 11.1. The highest BCUT2D eigenvalue weighted by atomic mass is 19.2. The van der Waals surface area contributed by atoms with Gasteiger partial charge in [-0.3, -0.25) is 4.79 Å². The van der Waals surface area contributed by atoms with E-state index < -0.39 is 11.6 Å². The van der Waals surface area contributed by atoms with Crippen molar-refractivity contribution in [2.75, 3.05) is 0 Å². The molecule has 0 spiro atoms. The number of nitrogens with zero attached hydrogens (tertiary/aromatic N) is 2. The Labute approximate surface area is 126 Å². The molecule has 2 aromatic heterocycles. The molecule has 3 aromatic rings. The van der Waals surface area contributed by atoms with Gasteiger partial charge in [-0.2, -0.15) is 0 Å². The van der Waals surface area contributed by atoms with E-state index in [0.717, 1.165) is 23.3 Å². The van der Waals surface area contributed by atoms with Crippen LogP contribution in [0.1, 0.15) is 27.2 Å². The van der Waals surface area contributed by atoms with Crippen LogP contribution in [0.3, 0.4) is 0 Å². The Morgan fingerprint density at radius 1 is 1.23 bits per heavy atom. The summed E-state index contributed by atoms with van der Waals surface area (Å²) in [6.45, 7) is 3.80. The average molecular weight is 300 g/mol. The molecule has 0 atom stereocenters. The molecule has 0 aliphatic heterocycles. The smallest absolute Gasteiger partial charge is 0.163 e. The van der Waals surface area contributed by atoms with Crippen molar-refractivity contribution in [3.63, 3.8) is 0 Å². The molecule has 112 valence electrons. The van der Waals surface area contributed by atoms with Crippen molar-refractivity contribution in [1.82, 2.24) is 9.55 Å². The third-order valence-electron chi connectivity index (χ3n) is 3.90. The van der Waals surface area contributed by atoms with Gasteiger partial charge in [-0.05, 0) is 31.5 Å². The first-order chi connectivity index (χ1) is 10.5. The van der Waals surface area contributed by atoms with E-state index in [4.69, 9.17) is 0 Å². The summed E-state index contributed by atoms with van der Waals surface area (Å²) in [6, 6.07) is 5.95. The average Bonchev–Trinajstić information content (AvgIpc) is 2.87. The SMILES string of the molecule is Cc1nc2c(ccn2Cc2cccc(F)c2F)c(C)c1C=O. The molecule has 5 heteroatoms. The van der Waals surface area contributed by atoms with Gasteiger partial charge < -0.3 is 4.57 Å². The van der Waals surface area contributed by atoms with Gasteiger partial charge in [0.05, 0.1) is 12.2 Å². The third-order valence-corrected chi connectivity index (χ3v) is 3.90. The van der Waals surface area contributed by atoms with Crippen molar-refractivity contribution in [3.05, 3.63) is 64.5 Å². The van der Waals surface area contributed by atoms with Gasteiger partial charge in [0.1, 0.15) is 5.65 Å². The summed E-state index contributed by atoms with van der Waals surface area (Å²) in [5.74, 6) is -1.71. The number of benzene rings is 1. The lowest BCUT2D eigenvalue weighted by molar-refractivity contribution is 0.112. The monoisotopic (exact) mass is 300 g/mol. The van der Waals surface area contributed by atoms with Crippen LogP contribution < -0.4 is 0 Å². The Kier molecular flexibility index (Phi) is 3.48. The zero-order valence-electron chi connectivity index (χ0n) is 12.2. The number of fused-ring (bicyclic) bond motifs is 1. The van der Waals surface area contributed by atoms with Gasteiger partial charge >= 0.3 is 0 Å². The fourth-order valence-electron chi connectivity index (χ4n) is 2.67.